The van der Waals surface area contributed by atoms with Gasteiger partial charge in [0.15, 0.2) is 0 Å². The van der Waals surface area contributed by atoms with Crippen LogP contribution in [0, 0.1) is 0 Å². The molecule has 0 aliphatic heterocycles. The molecule has 3 aromatic rings. The van der Waals surface area contributed by atoms with E-state index in [9.17, 15) is 5.11 Å². The molecule has 94 valence electrons. The first kappa shape index (κ1) is 11.5. The number of aromatic nitrogens is 2. The minimum Gasteiger partial charge on any atom is -0.508 e. The lowest BCUT2D eigenvalue weighted by Crippen LogP contribution is -2.00. The van der Waals surface area contributed by atoms with Crippen molar-refractivity contribution in [3.8, 4) is 17.0 Å². The maximum atomic E-state index is 9.25. The van der Waals surface area contributed by atoms with Crippen molar-refractivity contribution >= 4 is 0 Å². The van der Waals surface area contributed by atoms with Gasteiger partial charge in [0.05, 0.1) is 12.2 Å². The average Bonchev–Trinajstić information content (AvgIpc) is 2.91. The van der Waals surface area contributed by atoms with Crippen molar-refractivity contribution in [1.82, 2.24) is 9.78 Å². The minimum absolute atomic E-state index is 0.286. The first-order chi connectivity index (χ1) is 9.31. The standard InChI is InChI=1S/C16H14N2O/c19-15-8-6-13(7-9-15)12-18-11-10-16(17-18)14-4-2-1-3-5-14/h1-11,19H,12H2. The molecule has 0 aliphatic rings. The normalized spacial score (nSPS) is 10.5. The summed E-state index contributed by atoms with van der Waals surface area (Å²) in [5.41, 5.74) is 3.20. The van der Waals surface area contributed by atoms with Gasteiger partial charge in [-0.25, -0.2) is 0 Å². The molecule has 0 atom stereocenters. The zero-order valence-corrected chi connectivity index (χ0v) is 10.4. The van der Waals surface area contributed by atoms with Crippen molar-refractivity contribution in [2.24, 2.45) is 0 Å². The lowest BCUT2D eigenvalue weighted by atomic mass is 10.2. The summed E-state index contributed by atoms with van der Waals surface area (Å²) >= 11 is 0. The Labute approximate surface area is 111 Å². The lowest BCUT2D eigenvalue weighted by molar-refractivity contribution is 0.475. The monoisotopic (exact) mass is 250 g/mol. The van der Waals surface area contributed by atoms with Crippen molar-refractivity contribution in [2.75, 3.05) is 0 Å². The molecule has 0 radical (unpaired) electrons. The second kappa shape index (κ2) is 4.98. The molecule has 0 bridgehead atoms. The van der Waals surface area contributed by atoms with Gasteiger partial charge in [-0.1, -0.05) is 42.5 Å². The van der Waals surface area contributed by atoms with E-state index >= 15 is 0 Å². The van der Waals surface area contributed by atoms with Gasteiger partial charge in [-0.15, -0.1) is 0 Å². The SMILES string of the molecule is Oc1ccc(Cn2ccc(-c3ccccc3)n2)cc1. The van der Waals surface area contributed by atoms with Gasteiger partial charge in [0.2, 0.25) is 0 Å². The minimum atomic E-state index is 0.286. The summed E-state index contributed by atoms with van der Waals surface area (Å²) in [5, 5.41) is 13.8. The molecule has 1 heterocycles. The third-order valence-electron chi connectivity index (χ3n) is 2.99. The van der Waals surface area contributed by atoms with Gasteiger partial charge >= 0.3 is 0 Å². The topological polar surface area (TPSA) is 38.0 Å². The van der Waals surface area contributed by atoms with Crippen LogP contribution in [0.2, 0.25) is 0 Å². The molecule has 0 saturated carbocycles. The second-order valence-electron chi connectivity index (χ2n) is 4.43. The number of hydrogen-bond acceptors (Lipinski definition) is 2. The van der Waals surface area contributed by atoms with Gasteiger partial charge in [-0.3, -0.25) is 4.68 Å². The average molecular weight is 250 g/mol. The molecule has 3 nitrogen and oxygen atoms in total. The van der Waals surface area contributed by atoms with Gasteiger partial charge in [-0.2, -0.15) is 5.10 Å². The Morgan fingerprint density at radius 2 is 1.63 bits per heavy atom. The summed E-state index contributed by atoms with van der Waals surface area (Å²) < 4.78 is 1.90. The number of phenolic OH excluding ortho intramolecular Hbond substituents is 1. The maximum Gasteiger partial charge on any atom is 0.115 e. The first-order valence-electron chi connectivity index (χ1n) is 6.18. The third kappa shape index (κ3) is 2.65. The molecule has 3 heteroatoms. The smallest absolute Gasteiger partial charge is 0.115 e. The van der Waals surface area contributed by atoms with Crippen LogP contribution < -0.4 is 0 Å². The van der Waals surface area contributed by atoms with Gasteiger partial charge in [0, 0.05) is 11.8 Å². The van der Waals surface area contributed by atoms with Crippen molar-refractivity contribution in [3.05, 3.63) is 72.4 Å². The van der Waals surface area contributed by atoms with Crippen LogP contribution in [0.3, 0.4) is 0 Å². The van der Waals surface area contributed by atoms with E-state index in [-0.39, 0.29) is 5.75 Å². The predicted octanol–water partition coefficient (Wildman–Crippen LogP) is 3.30. The van der Waals surface area contributed by atoms with Crippen molar-refractivity contribution in [1.29, 1.82) is 0 Å². The highest BCUT2D eigenvalue weighted by Gasteiger charge is 2.02. The van der Waals surface area contributed by atoms with E-state index in [1.165, 1.54) is 0 Å². The number of benzene rings is 2. The van der Waals surface area contributed by atoms with E-state index < -0.39 is 0 Å². The molecular formula is C16H14N2O. The second-order valence-corrected chi connectivity index (χ2v) is 4.43. The van der Waals surface area contributed by atoms with Crippen molar-refractivity contribution in [3.63, 3.8) is 0 Å². The highest BCUT2D eigenvalue weighted by Crippen LogP contribution is 2.17. The zero-order chi connectivity index (χ0) is 13.1. The largest absolute Gasteiger partial charge is 0.508 e. The summed E-state index contributed by atoms with van der Waals surface area (Å²) in [6, 6.07) is 19.3. The summed E-state index contributed by atoms with van der Waals surface area (Å²) in [6.07, 6.45) is 1.97. The predicted molar refractivity (Wildman–Crippen MR) is 74.9 cm³/mol. The highest BCUT2D eigenvalue weighted by molar-refractivity contribution is 5.58. The Morgan fingerprint density at radius 3 is 2.37 bits per heavy atom. The maximum absolute atomic E-state index is 9.25. The van der Waals surface area contributed by atoms with Gasteiger partial charge in [-0.05, 0) is 23.8 Å². The summed E-state index contributed by atoms with van der Waals surface area (Å²) in [4.78, 5) is 0. The van der Waals surface area contributed by atoms with Crippen LogP contribution in [0.15, 0.2) is 66.9 Å². The molecular weight excluding hydrogens is 236 g/mol. The quantitative estimate of drug-likeness (QED) is 0.774. The number of phenols is 1. The fourth-order valence-electron chi connectivity index (χ4n) is 2.00. The molecule has 1 N–H and O–H groups in total. The molecule has 0 spiro atoms. The Morgan fingerprint density at radius 1 is 0.895 bits per heavy atom. The van der Waals surface area contributed by atoms with E-state index in [2.05, 4.69) is 5.10 Å². The van der Waals surface area contributed by atoms with Crippen LogP contribution in [-0.2, 0) is 6.54 Å². The van der Waals surface area contributed by atoms with E-state index in [4.69, 9.17) is 0 Å². The van der Waals surface area contributed by atoms with E-state index in [0.29, 0.717) is 6.54 Å². The van der Waals surface area contributed by atoms with E-state index in [1.54, 1.807) is 12.1 Å². The first-order valence-corrected chi connectivity index (χ1v) is 6.18. The molecule has 19 heavy (non-hydrogen) atoms. The third-order valence-corrected chi connectivity index (χ3v) is 2.99. The molecule has 2 aromatic carbocycles. The molecule has 0 amide bonds. The highest BCUT2D eigenvalue weighted by atomic mass is 16.3. The van der Waals surface area contributed by atoms with Crippen molar-refractivity contribution < 1.29 is 5.11 Å². The van der Waals surface area contributed by atoms with Crippen LogP contribution in [0.4, 0.5) is 0 Å². The van der Waals surface area contributed by atoms with Gasteiger partial charge < -0.3 is 5.11 Å². The number of hydrogen-bond donors (Lipinski definition) is 1. The van der Waals surface area contributed by atoms with Gasteiger partial charge in [0.25, 0.3) is 0 Å². The van der Waals surface area contributed by atoms with E-state index in [1.807, 2.05) is 59.4 Å². The number of rotatable bonds is 3. The zero-order valence-electron chi connectivity index (χ0n) is 10.4. The van der Waals surface area contributed by atoms with Crippen LogP contribution in [-0.4, -0.2) is 14.9 Å². The molecule has 1 aromatic heterocycles. The number of aromatic hydroxyl groups is 1. The Kier molecular flexibility index (Phi) is 3.02. The van der Waals surface area contributed by atoms with Crippen molar-refractivity contribution in [2.45, 2.75) is 6.54 Å². The van der Waals surface area contributed by atoms with Crippen LogP contribution in [0.25, 0.3) is 11.3 Å². The number of nitrogens with zero attached hydrogens (tertiary/aromatic N) is 2. The Bertz CT molecular complexity index is 657. The Hall–Kier alpha value is -2.55. The fourth-order valence-corrected chi connectivity index (χ4v) is 2.00. The summed E-state index contributed by atoms with van der Waals surface area (Å²) in [6.45, 7) is 0.702. The Balaban J connectivity index is 1.80. The summed E-state index contributed by atoms with van der Waals surface area (Å²) in [7, 11) is 0. The molecule has 0 saturated heterocycles. The summed E-state index contributed by atoms with van der Waals surface area (Å²) in [5.74, 6) is 0.286. The fraction of sp³-hybridized carbons (Fsp3) is 0.0625. The molecule has 0 aliphatic carbocycles. The lowest BCUT2D eigenvalue weighted by Gasteiger charge is -2.02. The van der Waals surface area contributed by atoms with Crippen LogP contribution in [0.1, 0.15) is 5.56 Å². The van der Waals surface area contributed by atoms with E-state index in [0.717, 1.165) is 16.8 Å². The molecule has 0 fully saturated rings. The van der Waals surface area contributed by atoms with Crippen LogP contribution in [0.5, 0.6) is 5.75 Å². The molecule has 3 rings (SSSR count). The van der Waals surface area contributed by atoms with Gasteiger partial charge in [0.1, 0.15) is 5.75 Å². The molecule has 0 unspecified atom stereocenters. The van der Waals surface area contributed by atoms with Crippen LogP contribution >= 0.6 is 0 Å².